The summed E-state index contributed by atoms with van der Waals surface area (Å²) >= 11 is 1.47. The van der Waals surface area contributed by atoms with E-state index in [-0.39, 0.29) is 5.91 Å². The van der Waals surface area contributed by atoms with Gasteiger partial charge in [0.1, 0.15) is 5.82 Å². The summed E-state index contributed by atoms with van der Waals surface area (Å²) in [5.41, 5.74) is 1.04. The fourth-order valence-corrected chi connectivity index (χ4v) is 4.54. The molecule has 2 atom stereocenters. The van der Waals surface area contributed by atoms with Crippen molar-refractivity contribution in [1.29, 1.82) is 0 Å². The number of hydrogen-bond acceptors (Lipinski definition) is 4. The lowest BCUT2D eigenvalue weighted by Gasteiger charge is -2.39. The second kappa shape index (κ2) is 7.43. The van der Waals surface area contributed by atoms with Crippen LogP contribution in [0.1, 0.15) is 57.7 Å². The molecule has 138 valence electrons. The van der Waals surface area contributed by atoms with Crippen molar-refractivity contribution < 1.29 is 4.79 Å². The van der Waals surface area contributed by atoms with Gasteiger partial charge in [0.2, 0.25) is 11.1 Å². The first-order valence-electron chi connectivity index (χ1n) is 9.60. The lowest BCUT2D eigenvalue weighted by atomic mass is 9.98. The Balaban J connectivity index is 1.48. The van der Waals surface area contributed by atoms with Crippen molar-refractivity contribution in [2.75, 3.05) is 5.75 Å². The molecule has 2 unspecified atom stereocenters. The third kappa shape index (κ3) is 3.65. The quantitative estimate of drug-likeness (QED) is 0.746. The van der Waals surface area contributed by atoms with E-state index in [1.165, 1.54) is 31.0 Å². The van der Waals surface area contributed by atoms with E-state index in [1.54, 1.807) is 0 Å². The van der Waals surface area contributed by atoms with Crippen LogP contribution in [0.15, 0.2) is 35.5 Å². The first-order chi connectivity index (χ1) is 12.6. The molecule has 4 rings (SSSR count). The Labute approximate surface area is 159 Å². The van der Waals surface area contributed by atoms with Crippen LogP contribution in [0.4, 0.5) is 0 Å². The van der Waals surface area contributed by atoms with Crippen molar-refractivity contribution in [3.05, 3.63) is 36.2 Å². The molecule has 1 aliphatic heterocycles. The Morgan fingerprint density at radius 2 is 1.81 bits per heavy atom. The van der Waals surface area contributed by atoms with Crippen molar-refractivity contribution in [1.82, 2.24) is 19.7 Å². The van der Waals surface area contributed by atoms with Gasteiger partial charge in [0.15, 0.2) is 0 Å². The minimum Gasteiger partial charge on any atom is -0.337 e. The Morgan fingerprint density at radius 1 is 1.12 bits per heavy atom. The normalized spacial score (nSPS) is 23.2. The van der Waals surface area contributed by atoms with Crippen molar-refractivity contribution in [2.45, 2.75) is 69.1 Å². The Morgan fingerprint density at radius 3 is 2.46 bits per heavy atom. The molecule has 1 aromatic heterocycles. The van der Waals surface area contributed by atoms with Gasteiger partial charge in [-0.3, -0.25) is 4.79 Å². The minimum absolute atomic E-state index is 0.207. The van der Waals surface area contributed by atoms with E-state index in [4.69, 9.17) is 10.1 Å². The van der Waals surface area contributed by atoms with Crippen molar-refractivity contribution in [3.8, 4) is 5.69 Å². The molecule has 0 bridgehead atoms. The number of aromatic nitrogens is 3. The molecule has 1 aromatic carbocycles. The van der Waals surface area contributed by atoms with Gasteiger partial charge in [0.25, 0.3) is 0 Å². The highest BCUT2D eigenvalue weighted by atomic mass is 32.2. The number of carbonyl (C=O) groups excluding carboxylic acids is 1. The highest BCUT2D eigenvalue weighted by molar-refractivity contribution is 7.99. The average Bonchev–Trinajstić information content (AvgIpc) is 3.40. The molecular weight excluding hydrogens is 344 g/mol. The van der Waals surface area contributed by atoms with Crippen LogP contribution >= 0.6 is 11.8 Å². The van der Waals surface area contributed by atoms with Crippen LogP contribution in [0.2, 0.25) is 0 Å². The van der Waals surface area contributed by atoms with Crippen LogP contribution in [0.25, 0.3) is 5.69 Å². The van der Waals surface area contributed by atoms with E-state index in [1.807, 2.05) is 22.9 Å². The van der Waals surface area contributed by atoms with Crippen LogP contribution in [-0.2, 0) is 4.79 Å². The predicted octanol–water partition coefficient (Wildman–Crippen LogP) is 4.03. The maximum atomic E-state index is 12.7. The molecule has 5 nitrogen and oxygen atoms in total. The van der Waals surface area contributed by atoms with Gasteiger partial charge in [-0.05, 0) is 58.1 Å². The summed E-state index contributed by atoms with van der Waals surface area (Å²) in [7, 11) is 0. The molecule has 1 aliphatic carbocycles. The minimum atomic E-state index is 0.207. The van der Waals surface area contributed by atoms with E-state index in [0.29, 0.717) is 28.9 Å². The van der Waals surface area contributed by atoms with Gasteiger partial charge in [-0.2, -0.15) is 0 Å². The number of likely N-dealkylation sites (tertiary alicyclic amines) is 1. The van der Waals surface area contributed by atoms with Gasteiger partial charge in [-0.15, -0.1) is 5.10 Å². The molecule has 1 saturated heterocycles. The zero-order valence-electron chi connectivity index (χ0n) is 15.5. The van der Waals surface area contributed by atoms with Gasteiger partial charge in [-0.25, -0.2) is 9.67 Å². The Bertz CT molecular complexity index is 761. The summed E-state index contributed by atoms with van der Waals surface area (Å²) in [4.78, 5) is 19.6. The van der Waals surface area contributed by atoms with Crippen LogP contribution in [0, 0.1) is 0 Å². The third-order valence-corrected chi connectivity index (χ3v) is 6.18. The smallest absolute Gasteiger partial charge is 0.233 e. The Kier molecular flexibility index (Phi) is 5.02. The van der Waals surface area contributed by atoms with Crippen molar-refractivity contribution in [2.24, 2.45) is 0 Å². The first-order valence-corrected chi connectivity index (χ1v) is 10.6. The van der Waals surface area contributed by atoms with E-state index in [9.17, 15) is 4.79 Å². The summed E-state index contributed by atoms with van der Waals surface area (Å²) in [6.07, 6.45) is 5.78. The van der Waals surface area contributed by atoms with Crippen LogP contribution in [0.3, 0.4) is 0 Å². The fourth-order valence-electron chi connectivity index (χ4n) is 3.84. The molecule has 0 radical (unpaired) electrons. The highest BCUT2D eigenvalue weighted by Crippen LogP contribution is 2.40. The Hall–Kier alpha value is -1.82. The second-order valence-corrected chi connectivity index (χ2v) is 8.44. The molecule has 2 aromatic rings. The molecule has 1 saturated carbocycles. The topological polar surface area (TPSA) is 51.0 Å². The summed E-state index contributed by atoms with van der Waals surface area (Å²) in [5.74, 6) is 2.16. The van der Waals surface area contributed by atoms with Crippen LogP contribution < -0.4 is 0 Å². The third-order valence-electron chi connectivity index (χ3n) is 5.36. The molecule has 1 amide bonds. The van der Waals surface area contributed by atoms with Crippen molar-refractivity contribution >= 4 is 17.7 Å². The number of nitrogens with zero attached hydrogens (tertiary/aromatic N) is 4. The average molecular weight is 371 g/mol. The number of benzene rings is 1. The van der Waals surface area contributed by atoms with Gasteiger partial charge < -0.3 is 4.90 Å². The van der Waals surface area contributed by atoms with Crippen LogP contribution in [0.5, 0.6) is 0 Å². The predicted molar refractivity (Wildman–Crippen MR) is 104 cm³/mol. The van der Waals surface area contributed by atoms with E-state index >= 15 is 0 Å². The molecule has 2 aliphatic rings. The molecule has 26 heavy (non-hydrogen) atoms. The number of thioether (sulfide) groups is 1. The maximum absolute atomic E-state index is 12.7. The standard InChI is InChI=1S/C20H26N4OS/c1-14-7-6-8-15(2)23(14)18(25)13-26-20-21-19(16-11-12-16)24(22-20)17-9-4-3-5-10-17/h3-5,9-10,14-16H,6-8,11-13H2,1-2H3. The number of para-hydroxylation sites is 1. The number of hydrogen-bond donors (Lipinski definition) is 0. The monoisotopic (exact) mass is 370 g/mol. The number of piperidine rings is 1. The number of rotatable bonds is 5. The van der Waals surface area contributed by atoms with E-state index in [2.05, 4.69) is 30.9 Å². The fraction of sp³-hybridized carbons (Fsp3) is 0.550. The van der Waals surface area contributed by atoms with Gasteiger partial charge >= 0.3 is 0 Å². The molecule has 6 heteroatoms. The zero-order valence-corrected chi connectivity index (χ0v) is 16.3. The number of amides is 1. The largest absolute Gasteiger partial charge is 0.337 e. The van der Waals surface area contributed by atoms with Gasteiger partial charge in [-0.1, -0.05) is 30.0 Å². The SMILES string of the molecule is CC1CCCC(C)N1C(=O)CSc1nc(C2CC2)n(-c2ccccc2)n1. The summed E-state index contributed by atoms with van der Waals surface area (Å²) in [6.45, 7) is 4.32. The zero-order chi connectivity index (χ0) is 18.1. The summed E-state index contributed by atoms with van der Waals surface area (Å²) in [6, 6.07) is 10.8. The number of carbonyl (C=O) groups is 1. The van der Waals surface area contributed by atoms with Gasteiger partial charge in [0.05, 0.1) is 11.4 Å². The van der Waals surface area contributed by atoms with Gasteiger partial charge in [0, 0.05) is 18.0 Å². The highest BCUT2D eigenvalue weighted by Gasteiger charge is 2.32. The summed E-state index contributed by atoms with van der Waals surface area (Å²) < 4.78 is 1.95. The molecule has 2 heterocycles. The summed E-state index contributed by atoms with van der Waals surface area (Å²) in [5, 5.41) is 5.40. The van der Waals surface area contributed by atoms with E-state index in [0.717, 1.165) is 24.4 Å². The van der Waals surface area contributed by atoms with Crippen LogP contribution in [-0.4, -0.2) is 43.4 Å². The molecular formula is C20H26N4OS. The first kappa shape index (κ1) is 17.6. The second-order valence-electron chi connectivity index (χ2n) is 7.49. The lowest BCUT2D eigenvalue weighted by Crippen LogP contribution is -2.48. The molecule has 0 spiro atoms. The van der Waals surface area contributed by atoms with E-state index < -0.39 is 0 Å². The maximum Gasteiger partial charge on any atom is 0.233 e. The van der Waals surface area contributed by atoms with Crippen molar-refractivity contribution in [3.63, 3.8) is 0 Å². The molecule has 2 fully saturated rings. The lowest BCUT2D eigenvalue weighted by molar-refractivity contribution is -0.134. The molecule has 0 N–H and O–H groups in total.